The van der Waals surface area contributed by atoms with Crippen LogP contribution in [0.1, 0.15) is 42.6 Å². The van der Waals surface area contributed by atoms with E-state index in [1.807, 2.05) is 0 Å². The van der Waals surface area contributed by atoms with Crippen LogP contribution in [0, 0.1) is 11.6 Å². The first-order valence-electron chi connectivity index (χ1n) is 9.64. The third-order valence-electron chi connectivity index (χ3n) is 5.64. The molecule has 1 saturated heterocycles. The van der Waals surface area contributed by atoms with Crippen LogP contribution in [0.2, 0.25) is 5.02 Å². The number of halogens is 3. The van der Waals surface area contributed by atoms with Crippen LogP contribution in [0.5, 0.6) is 5.75 Å². The van der Waals surface area contributed by atoms with Crippen molar-refractivity contribution in [2.24, 2.45) is 0 Å². The fourth-order valence-corrected chi connectivity index (χ4v) is 4.00. The maximum Gasteiger partial charge on any atom is 0.200 e. The lowest BCUT2D eigenvalue weighted by atomic mass is 9.84. The van der Waals surface area contributed by atoms with E-state index in [1.165, 1.54) is 26.2 Å². The van der Waals surface area contributed by atoms with Crippen LogP contribution >= 0.6 is 11.6 Å². The number of hydrogen-bond donors (Lipinski definition) is 3. The molecule has 30 heavy (non-hydrogen) atoms. The third-order valence-corrected chi connectivity index (χ3v) is 6.01. The van der Waals surface area contributed by atoms with Gasteiger partial charge in [-0.3, -0.25) is 0 Å². The number of hydrogen-bond acceptors (Lipinski definition) is 5. The Morgan fingerprint density at radius 2 is 1.97 bits per heavy atom. The van der Waals surface area contributed by atoms with Crippen molar-refractivity contribution < 1.29 is 33.6 Å². The van der Waals surface area contributed by atoms with Crippen LogP contribution in [0.4, 0.5) is 8.78 Å². The molecule has 2 aromatic carbocycles. The van der Waals surface area contributed by atoms with Gasteiger partial charge >= 0.3 is 0 Å². The highest BCUT2D eigenvalue weighted by atomic mass is 35.5. The van der Waals surface area contributed by atoms with E-state index in [1.54, 1.807) is 18.2 Å². The summed E-state index contributed by atoms with van der Waals surface area (Å²) in [5.41, 5.74) is 0.0347. The minimum absolute atomic E-state index is 0.0379. The van der Waals surface area contributed by atoms with E-state index in [4.69, 9.17) is 21.1 Å². The Bertz CT molecular complexity index is 907. The van der Waals surface area contributed by atoms with Gasteiger partial charge in [0.25, 0.3) is 0 Å². The number of benzene rings is 2. The average molecular weight is 443 g/mol. The standard InChI is InChI=1S/C22H25ClF2O5/c1-12(27)22(11-26)10-16(28)9-19(30-22)13-3-5-17(23)15(7-13)8-14-4-6-18(29-2)21(25)20(14)24/h3-7,12,16,19,26-28H,8-11H2,1-2H3/t12?,16?,19?,22-/m1/s1. The topological polar surface area (TPSA) is 79.2 Å². The second kappa shape index (κ2) is 9.16. The molecular weight excluding hydrogens is 418 g/mol. The first kappa shape index (κ1) is 22.9. The second-order valence-electron chi connectivity index (χ2n) is 7.68. The fourth-order valence-electron chi connectivity index (χ4n) is 3.82. The van der Waals surface area contributed by atoms with Gasteiger partial charge in [0.1, 0.15) is 5.60 Å². The summed E-state index contributed by atoms with van der Waals surface area (Å²) in [7, 11) is 1.26. The van der Waals surface area contributed by atoms with Crippen LogP contribution < -0.4 is 4.74 Å². The molecule has 5 nitrogen and oxygen atoms in total. The van der Waals surface area contributed by atoms with Crippen molar-refractivity contribution in [1.29, 1.82) is 0 Å². The highest BCUT2D eigenvalue weighted by Crippen LogP contribution is 2.40. The number of methoxy groups -OCH3 is 1. The van der Waals surface area contributed by atoms with E-state index in [0.717, 1.165) is 0 Å². The molecule has 0 bridgehead atoms. The molecule has 1 heterocycles. The Labute approximate surface area is 178 Å². The quantitative estimate of drug-likeness (QED) is 0.637. The molecule has 3 N–H and O–H groups in total. The van der Waals surface area contributed by atoms with Crippen LogP contribution in [0.25, 0.3) is 0 Å². The summed E-state index contributed by atoms with van der Waals surface area (Å²) in [6, 6.07) is 7.83. The van der Waals surface area contributed by atoms with E-state index in [2.05, 4.69) is 0 Å². The minimum atomic E-state index is -1.28. The van der Waals surface area contributed by atoms with Crippen LogP contribution in [0.15, 0.2) is 30.3 Å². The molecule has 2 aromatic rings. The van der Waals surface area contributed by atoms with Crippen LogP contribution in [0.3, 0.4) is 0 Å². The summed E-state index contributed by atoms with van der Waals surface area (Å²) in [5, 5.41) is 30.6. The van der Waals surface area contributed by atoms with Crippen molar-refractivity contribution >= 4 is 11.6 Å². The SMILES string of the molecule is COc1ccc(Cc2cc(C3CC(O)C[C@@](CO)(C(C)O)O3)ccc2Cl)c(F)c1F. The van der Waals surface area contributed by atoms with Crippen molar-refractivity contribution in [1.82, 2.24) is 0 Å². The monoisotopic (exact) mass is 442 g/mol. The molecule has 8 heteroatoms. The molecule has 0 aliphatic carbocycles. The first-order chi connectivity index (χ1) is 14.2. The number of rotatable bonds is 6. The molecule has 0 saturated carbocycles. The van der Waals surface area contributed by atoms with Crippen LogP contribution in [-0.2, 0) is 11.2 Å². The predicted molar refractivity (Wildman–Crippen MR) is 108 cm³/mol. The number of ether oxygens (including phenoxy) is 2. The smallest absolute Gasteiger partial charge is 0.200 e. The van der Waals surface area contributed by atoms with Gasteiger partial charge in [-0.1, -0.05) is 29.8 Å². The van der Waals surface area contributed by atoms with E-state index in [9.17, 15) is 24.1 Å². The molecule has 4 atom stereocenters. The van der Waals surface area contributed by atoms with Gasteiger partial charge in [-0.2, -0.15) is 4.39 Å². The van der Waals surface area contributed by atoms with E-state index < -0.39 is 42.2 Å². The summed E-state index contributed by atoms with van der Waals surface area (Å²) in [6.07, 6.45) is -1.98. The molecule has 3 unspecified atom stereocenters. The zero-order valence-corrected chi connectivity index (χ0v) is 17.5. The van der Waals surface area contributed by atoms with Crippen molar-refractivity contribution in [2.45, 2.75) is 50.1 Å². The maximum atomic E-state index is 14.4. The lowest BCUT2D eigenvalue weighted by Gasteiger charge is -2.44. The molecule has 164 valence electrons. The Balaban J connectivity index is 1.91. The zero-order valence-electron chi connectivity index (χ0n) is 16.7. The molecule has 0 amide bonds. The van der Waals surface area contributed by atoms with Gasteiger partial charge in [-0.25, -0.2) is 4.39 Å². The molecule has 0 aromatic heterocycles. The predicted octanol–water partition coefficient (Wildman–Crippen LogP) is 3.54. The van der Waals surface area contributed by atoms with Crippen molar-refractivity contribution in [2.75, 3.05) is 13.7 Å². The summed E-state index contributed by atoms with van der Waals surface area (Å²) in [4.78, 5) is 0. The highest BCUT2D eigenvalue weighted by Gasteiger charge is 2.45. The number of aliphatic hydroxyl groups excluding tert-OH is 3. The number of aliphatic hydroxyl groups is 3. The Morgan fingerprint density at radius 1 is 1.23 bits per heavy atom. The maximum absolute atomic E-state index is 14.4. The zero-order chi connectivity index (χ0) is 22.1. The summed E-state index contributed by atoms with van der Waals surface area (Å²) >= 11 is 6.29. The van der Waals surface area contributed by atoms with E-state index >= 15 is 0 Å². The third kappa shape index (κ3) is 4.45. The van der Waals surface area contributed by atoms with Crippen LogP contribution in [-0.4, -0.2) is 46.8 Å². The minimum Gasteiger partial charge on any atom is -0.494 e. The van der Waals surface area contributed by atoms with Gasteiger partial charge < -0.3 is 24.8 Å². The van der Waals surface area contributed by atoms with Gasteiger partial charge in [0, 0.05) is 24.3 Å². The van der Waals surface area contributed by atoms with Gasteiger partial charge in [0.05, 0.1) is 32.0 Å². The summed E-state index contributed by atoms with van der Waals surface area (Å²) in [5.74, 6) is -2.25. The van der Waals surface area contributed by atoms with E-state index in [-0.39, 0.29) is 30.6 Å². The summed E-state index contributed by atoms with van der Waals surface area (Å²) in [6.45, 7) is 1.05. The second-order valence-corrected chi connectivity index (χ2v) is 8.09. The van der Waals surface area contributed by atoms with Crippen molar-refractivity contribution in [3.05, 3.63) is 63.7 Å². The Kier molecular flexibility index (Phi) is 6.99. The fraction of sp³-hybridized carbons (Fsp3) is 0.455. The molecular formula is C22H25ClF2O5. The van der Waals surface area contributed by atoms with Gasteiger partial charge in [-0.05, 0) is 35.7 Å². The van der Waals surface area contributed by atoms with Crippen molar-refractivity contribution in [3.63, 3.8) is 0 Å². The molecule has 1 aliphatic heterocycles. The lowest BCUT2D eigenvalue weighted by molar-refractivity contribution is -0.220. The molecule has 1 fully saturated rings. The normalized spacial score (nSPS) is 25.2. The molecule has 1 aliphatic rings. The van der Waals surface area contributed by atoms with Gasteiger partial charge in [0.15, 0.2) is 11.6 Å². The largest absolute Gasteiger partial charge is 0.494 e. The Morgan fingerprint density at radius 3 is 2.60 bits per heavy atom. The van der Waals surface area contributed by atoms with Gasteiger partial charge in [-0.15, -0.1) is 0 Å². The van der Waals surface area contributed by atoms with Gasteiger partial charge in [0.2, 0.25) is 5.82 Å². The molecule has 0 spiro atoms. The average Bonchev–Trinajstić information content (AvgIpc) is 2.72. The lowest BCUT2D eigenvalue weighted by Crippen LogP contribution is -2.53. The summed E-state index contributed by atoms with van der Waals surface area (Å²) < 4.78 is 39.2. The molecule has 0 radical (unpaired) electrons. The highest BCUT2D eigenvalue weighted by molar-refractivity contribution is 6.31. The van der Waals surface area contributed by atoms with Crippen molar-refractivity contribution in [3.8, 4) is 5.75 Å². The Hall–Kier alpha value is -1.77. The molecule has 3 rings (SSSR count). The first-order valence-corrected chi connectivity index (χ1v) is 10.0. The van der Waals surface area contributed by atoms with E-state index in [0.29, 0.717) is 16.1 Å².